The van der Waals surface area contributed by atoms with Gasteiger partial charge in [0.25, 0.3) is 5.91 Å². The molecule has 1 heterocycles. The molecule has 3 rings (SSSR count). The molecule has 0 spiro atoms. The molecule has 222 valence electrons. The SMILES string of the molecule is CN(C)C(=O)c1cn(C(=O)OC(C)(C)C)c2cc(N(CC(=O)OC(C)(C)C)Oc3cc(Cl)cc(Cl)c3)ccc12.O=S. The predicted molar refractivity (Wildman–Crippen MR) is 160 cm³/mol. The average Bonchev–Trinajstić information content (AvgIpc) is 3.20. The molecule has 2 aromatic carbocycles. The van der Waals surface area contributed by atoms with Gasteiger partial charge in [-0.25, -0.2) is 9.59 Å². The minimum Gasteiger partial charge on any atom is -0.459 e. The fourth-order valence-electron chi connectivity index (χ4n) is 3.62. The Morgan fingerprint density at radius 2 is 1.44 bits per heavy atom. The van der Waals surface area contributed by atoms with Crippen molar-refractivity contribution in [3.8, 4) is 5.75 Å². The number of hydrogen-bond donors (Lipinski definition) is 0. The first kappa shape index (κ1) is 33.8. The lowest BCUT2D eigenvalue weighted by molar-refractivity contribution is -0.153. The number of hydroxylamine groups is 1. The quantitative estimate of drug-likeness (QED) is 0.232. The Bertz CT molecular complexity index is 1410. The molecule has 0 N–H and O–H groups in total. The third-order valence-corrected chi connectivity index (χ3v) is 5.48. The van der Waals surface area contributed by atoms with Gasteiger partial charge in [-0.3, -0.25) is 9.36 Å². The number of esters is 1. The maximum absolute atomic E-state index is 13.1. The molecule has 0 unspecified atom stereocenters. The number of carbonyl (C=O) groups excluding carboxylic acids is 3. The first-order chi connectivity index (χ1) is 18.9. The van der Waals surface area contributed by atoms with E-state index in [-0.39, 0.29) is 18.2 Å². The van der Waals surface area contributed by atoms with Crippen LogP contribution in [0.2, 0.25) is 10.0 Å². The highest BCUT2D eigenvalue weighted by Gasteiger charge is 2.26. The molecule has 3 aromatic rings. The molecular weight excluding hydrogens is 593 g/mol. The van der Waals surface area contributed by atoms with Gasteiger partial charge in [-0.15, -0.1) is 0 Å². The molecule has 0 bridgehead atoms. The molecule has 0 aliphatic heterocycles. The molecular formula is C28H33Cl2N3O7S. The number of nitrogens with zero attached hydrogens (tertiary/aromatic N) is 3. The van der Waals surface area contributed by atoms with E-state index < -0.39 is 23.3 Å². The Morgan fingerprint density at radius 1 is 0.878 bits per heavy atom. The van der Waals surface area contributed by atoms with E-state index in [1.807, 2.05) is 0 Å². The van der Waals surface area contributed by atoms with Gasteiger partial charge in [0.05, 0.1) is 16.8 Å². The normalized spacial score (nSPS) is 11.3. The first-order valence-electron chi connectivity index (χ1n) is 12.3. The van der Waals surface area contributed by atoms with Gasteiger partial charge in [0.1, 0.15) is 11.2 Å². The summed E-state index contributed by atoms with van der Waals surface area (Å²) in [6, 6.07) is 9.62. The zero-order valence-corrected chi connectivity index (χ0v) is 26.4. The number of fused-ring (bicyclic) bond motifs is 1. The van der Waals surface area contributed by atoms with Gasteiger partial charge in [0.15, 0.2) is 24.8 Å². The van der Waals surface area contributed by atoms with E-state index in [0.29, 0.717) is 32.2 Å². The summed E-state index contributed by atoms with van der Waals surface area (Å²) in [6.45, 7) is 10.2. The third-order valence-electron chi connectivity index (χ3n) is 5.05. The van der Waals surface area contributed by atoms with Crippen LogP contribution in [-0.2, 0) is 26.8 Å². The fourth-order valence-corrected chi connectivity index (χ4v) is 4.13. The van der Waals surface area contributed by atoms with Crippen molar-refractivity contribution in [2.24, 2.45) is 0 Å². The Hall–Kier alpha value is -3.41. The van der Waals surface area contributed by atoms with Crippen LogP contribution in [0.4, 0.5) is 10.5 Å². The van der Waals surface area contributed by atoms with E-state index in [9.17, 15) is 14.4 Å². The van der Waals surface area contributed by atoms with Gasteiger partial charge in [0, 0.05) is 47.9 Å². The lowest BCUT2D eigenvalue weighted by Crippen LogP contribution is -2.37. The Morgan fingerprint density at radius 3 is 1.95 bits per heavy atom. The molecule has 1 amide bonds. The number of hydrogen-bond acceptors (Lipinski definition) is 9. The van der Waals surface area contributed by atoms with Gasteiger partial charge in [-0.05, 0) is 65.8 Å². The summed E-state index contributed by atoms with van der Waals surface area (Å²) in [5.41, 5.74) is -0.396. The van der Waals surface area contributed by atoms with Gasteiger partial charge in [-0.2, -0.15) is 9.27 Å². The minimum absolute atomic E-state index is 0.280. The number of carbonyl (C=O) groups is 3. The van der Waals surface area contributed by atoms with E-state index in [4.69, 9.17) is 41.7 Å². The van der Waals surface area contributed by atoms with Crippen molar-refractivity contribution in [2.75, 3.05) is 25.7 Å². The Labute approximate surface area is 254 Å². The molecule has 0 saturated carbocycles. The lowest BCUT2D eigenvalue weighted by atomic mass is 10.1. The van der Waals surface area contributed by atoms with Crippen LogP contribution in [0.15, 0.2) is 42.6 Å². The molecule has 10 nitrogen and oxygen atoms in total. The second kappa shape index (κ2) is 13.5. The summed E-state index contributed by atoms with van der Waals surface area (Å²) in [7, 11) is 3.25. The van der Waals surface area contributed by atoms with Crippen molar-refractivity contribution in [3.63, 3.8) is 0 Å². The zero-order valence-electron chi connectivity index (χ0n) is 24.1. The first-order valence-corrected chi connectivity index (χ1v) is 13.4. The lowest BCUT2D eigenvalue weighted by Gasteiger charge is -2.26. The number of amides is 1. The number of anilines is 1. The third kappa shape index (κ3) is 9.58. The van der Waals surface area contributed by atoms with Crippen LogP contribution in [0.25, 0.3) is 10.9 Å². The van der Waals surface area contributed by atoms with Gasteiger partial charge in [0.2, 0.25) is 0 Å². The van der Waals surface area contributed by atoms with Gasteiger partial charge >= 0.3 is 12.1 Å². The highest BCUT2D eigenvalue weighted by Crippen LogP contribution is 2.31. The highest BCUT2D eigenvalue weighted by atomic mass is 35.5. The van der Waals surface area contributed by atoms with Crippen LogP contribution in [0.5, 0.6) is 5.75 Å². The summed E-state index contributed by atoms with van der Waals surface area (Å²) < 4.78 is 20.2. The van der Waals surface area contributed by atoms with Crippen molar-refractivity contribution in [1.82, 2.24) is 9.47 Å². The largest absolute Gasteiger partial charge is 0.459 e. The van der Waals surface area contributed by atoms with Crippen molar-refractivity contribution in [3.05, 3.63) is 58.2 Å². The van der Waals surface area contributed by atoms with E-state index in [1.165, 1.54) is 20.7 Å². The summed E-state index contributed by atoms with van der Waals surface area (Å²) in [5.74, 6) is -0.561. The summed E-state index contributed by atoms with van der Waals surface area (Å²) in [4.78, 5) is 46.3. The standard InChI is InChI=1S/C28H33Cl2N3O6.OS/c1-27(2,3)37-24(34)16-33(39-20-12-17(29)11-18(30)13-20)19-9-10-21-22(25(35)31(7)8)15-32(23(21)14-19)26(36)38-28(4,5)6;1-2/h9-15H,16H2,1-8H3;. The molecule has 0 aliphatic carbocycles. The number of ether oxygens (including phenoxy) is 2. The number of aromatic nitrogens is 1. The van der Waals surface area contributed by atoms with Gasteiger partial charge in [-0.1, -0.05) is 23.2 Å². The molecule has 13 heteroatoms. The number of halogens is 2. The van der Waals surface area contributed by atoms with Crippen LogP contribution in [0.1, 0.15) is 51.9 Å². The number of rotatable bonds is 6. The van der Waals surface area contributed by atoms with Gasteiger partial charge < -0.3 is 19.2 Å². The van der Waals surface area contributed by atoms with E-state index in [1.54, 1.807) is 92.0 Å². The number of benzene rings is 2. The van der Waals surface area contributed by atoms with Crippen molar-refractivity contribution < 1.29 is 32.9 Å². The van der Waals surface area contributed by atoms with Crippen molar-refractivity contribution in [1.29, 1.82) is 0 Å². The topological polar surface area (TPSA) is 107 Å². The van der Waals surface area contributed by atoms with E-state index >= 15 is 0 Å². The molecule has 1 aromatic heterocycles. The molecule has 41 heavy (non-hydrogen) atoms. The van der Waals surface area contributed by atoms with Crippen LogP contribution >= 0.6 is 23.2 Å². The maximum atomic E-state index is 13.1. The highest BCUT2D eigenvalue weighted by molar-refractivity contribution is 7.44. The zero-order chi connectivity index (χ0) is 31.3. The summed E-state index contributed by atoms with van der Waals surface area (Å²) in [6.07, 6.45) is 0.782. The molecule has 0 radical (unpaired) electrons. The van der Waals surface area contributed by atoms with E-state index in [0.717, 1.165) is 0 Å². The van der Waals surface area contributed by atoms with Crippen molar-refractivity contribution >= 4 is 70.3 Å². The fraction of sp³-hybridized carbons (Fsp3) is 0.393. The van der Waals surface area contributed by atoms with Crippen LogP contribution in [0.3, 0.4) is 0 Å². The Balaban J connectivity index is 0.00000287. The Kier molecular flexibility index (Phi) is 11.1. The van der Waals surface area contributed by atoms with Crippen LogP contribution in [-0.4, -0.2) is 63.5 Å². The predicted octanol–water partition coefficient (Wildman–Crippen LogP) is 6.24. The smallest absolute Gasteiger partial charge is 0.419 e. The van der Waals surface area contributed by atoms with E-state index in [2.05, 4.69) is 12.5 Å². The van der Waals surface area contributed by atoms with Crippen LogP contribution < -0.4 is 9.90 Å². The molecule has 0 atom stereocenters. The minimum atomic E-state index is -0.769. The summed E-state index contributed by atoms with van der Waals surface area (Å²) >= 11 is 15.1. The second-order valence-corrected chi connectivity index (χ2v) is 12.0. The molecule has 0 saturated heterocycles. The monoisotopic (exact) mass is 625 g/mol. The average molecular weight is 627 g/mol. The van der Waals surface area contributed by atoms with Crippen molar-refractivity contribution in [2.45, 2.75) is 52.7 Å². The summed E-state index contributed by atoms with van der Waals surface area (Å²) in [5, 5.41) is 2.51. The maximum Gasteiger partial charge on any atom is 0.419 e. The molecule has 0 aliphatic rings. The van der Waals surface area contributed by atoms with Crippen LogP contribution in [0, 0.1) is 0 Å². The molecule has 0 fully saturated rings. The second-order valence-electron chi connectivity index (χ2n) is 11.1.